The first-order valence-electron chi connectivity index (χ1n) is 8.93. The number of nitrogens with zero attached hydrogens (tertiary/aromatic N) is 6. The summed E-state index contributed by atoms with van der Waals surface area (Å²) in [7, 11) is 0. The third-order valence-electron chi connectivity index (χ3n) is 4.19. The van der Waals surface area contributed by atoms with Gasteiger partial charge in [-0.25, -0.2) is 14.8 Å². The summed E-state index contributed by atoms with van der Waals surface area (Å²) in [6.45, 7) is 8.66. The largest absolute Gasteiger partial charge is 0.337 e. The van der Waals surface area contributed by atoms with Gasteiger partial charge in [-0.1, -0.05) is 19.0 Å². The van der Waals surface area contributed by atoms with Crippen LogP contribution in [0.4, 0.5) is 10.7 Å². The standard InChI is InChI=1S/C17H25N7O2/c1-12(2)11-14-21-15(26-22-14)13(3)20-17(25)24-9-7-23(8-10-24)16-18-5-4-6-19-16/h4-6,12-13H,7-11H2,1-3H3,(H,20,25). The highest BCUT2D eigenvalue weighted by atomic mass is 16.5. The lowest BCUT2D eigenvalue weighted by atomic mass is 10.1. The summed E-state index contributed by atoms with van der Waals surface area (Å²) in [5.41, 5.74) is 0. The molecule has 26 heavy (non-hydrogen) atoms. The third-order valence-corrected chi connectivity index (χ3v) is 4.19. The molecule has 0 saturated carbocycles. The average Bonchev–Trinajstić information content (AvgIpc) is 3.10. The number of hydrogen-bond acceptors (Lipinski definition) is 7. The molecule has 1 aliphatic heterocycles. The maximum absolute atomic E-state index is 12.5. The van der Waals surface area contributed by atoms with Gasteiger partial charge in [0.25, 0.3) is 0 Å². The maximum atomic E-state index is 12.5. The molecule has 9 heteroatoms. The molecule has 3 heterocycles. The Balaban J connectivity index is 1.50. The Hall–Kier alpha value is -2.71. The van der Waals surface area contributed by atoms with Gasteiger partial charge < -0.3 is 19.6 Å². The molecule has 140 valence electrons. The second-order valence-electron chi connectivity index (χ2n) is 6.84. The van der Waals surface area contributed by atoms with Gasteiger partial charge in [-0.05, 0) is 18.9 Å². The van der Waals surface area contributed by atoms with Crippen LogP contribution >= 0.6 is 0 Å². The average molecular weight is 359 g/mol. The van der Waals surface area contributed by atoms with Crippen LogP contribution in [0.5, 0.6) is 0 Å². The number of aromatic nitrogens is 4. The van der Waals surface area contributed by atoms with Crippen molar-refractivity contribution in [1.29, 1.82) is 0 Å². The predicted molar refractivity (Wildman–Crippen MR) is 95.6 cm³/mol. The Kier molecular flexibility index (Phi) is 5.65. The van der Waals surface area contributed by atoms with Crippen molar-refractivity contribution in [3.63, 3.8) is 0 Å². The summed E-state index contributed by atoms with van der Waals surface area (Å²) in [4.78, 5) is 29.2. The molecule has 1 atom stereocenters. The van der Waals surface area contributed by atoms with Crippen molar-refractivity contribution in [3.05, 3.63) is 30.2 Å². The third kappa shape index (κ3) is 4.47. The van der Waals surface area contributed by atoms with Crippen LogP contribution in [-0.4, -0.2) is 57.2 Å². The van der Waals surface area contributed by atoms with E-state index in [1.54, 1.807) is 23.4 Å². The van der Waals surface area contributed by atoms with E-state index in [2.05, 4.69) is 44.2 Å². The molecule has 0 radical (unpaired) electrons. The molecule has 1 N–H and O–H groups in total. The number of hydrogen-bond donors (Lipinski definition) is 1. The van der Waals surface area contributed by atoms with Crippen molar-refractivity contribution >= 4 is 12.0 Å². The molecule has 2 amide bonds. The first kappa shape index (κ1) is 18.1. The lowest BCUT2D eigenvalue weighted by Crippen LogP contribution is -2.52. The quantitative estimate of drug-likeness (QED) is 0.866. The van der Waals surface area contributed by atoms with E-state index in [-0.39, 0.29) is 12.1 Å². The number of urea groups is 1. The number of nitrogens with one attached hydrogen (secondary N) is 1. The van der Waals surface area contributed by atoms with Gasteiger partial charge in [0, 0.05) is 45.0 Å². The molecule has 2 aromatic rings. The molecule has 0 aromatic carbocycles. The minimum Gasteiger partial charge on any atom is -0.337 e. The van der Waals surface area contributed by atoms with Crippen LogP contribution in [-0.2, 0) is 6.42 Å². The van der Waals surface area contributed by atoms with Gasteiger partial charge in [0.2, 0.25) is 11.8 Å². The Bertz CT molecular complexity index is 711. The van der Waals surface area contributed by atoms with Crippen molar-refractivity contribution in [2.24, 2.45) is 5.92 Å². The number of carbonyl (C=O) groups is 1. The highest BCUT2D eigenvalue weighted by Crippen LogP contribution is 2.14. The summed E-state index contributed by atoms with van der Waals surface area (Å²) in [5.74, 6) is 2.26. The summed E-state index contributed by atoms with van der Waals surface area (Å²) >= 11 is 0. The molecular formula is C17H25N7O2. The van der Waals surface area contributed by atoms with E-state index in [4.69, 9.17) is 4.52 Å². The SMILES string of the molecule is CC(C)Cc1noc(C(C)NC(=O)N2CCN(c3ncccn3)CC2)n1. The zero-order valence-electron chi connectivity index (χ0n) is 15.4. The monoisotopic (exact) mass is 359 g/mol. The van der Waals surface area contributed by atoms with Crippen LogP contribution in [0.3, 0.4) is 0 Å². The van der Waals surface area contributed by atoms with Gasteiger partial charge in [0.1, 0.15) is 6.04 Å². The van der Waals surface area contributed by atoms with Crippen molar-refractivity contribution in [2.75, 3.05) is 31.1 Å². The predicted octanol–water partition coefficient (Wildman–Crippen LogP) is 1.65. The number of rotatable bonds is 5. The molecule has 0 aliphatic carbocycles. The van der Waals surface area contributed by atoms with Crippen molar-refractivity contribution in [2.45, 2.75) is 33.2 Å². The van der Waals surface area contributed by atoms with E-state index in [1.165, 1.54) is 0 Å². The number of piperazine rings is 1. The van der Waals surface area contributed by atoms with Crippen LogP contribution in [0.15, 0.2) is 23.0 Å². The van der Waals surface area contributed by atoms with E-state index in [0.29, 0.717) is 49.8 Å². The molecule has 1 unspecified atom stereocenters. The lowest BCUT2D eigenvalue weighted by Gasteiger charge is -2.34. The summed E-state index contributed by atoms with van der Waals surface area (Å²) in [6, 6.07) is 1.33. The minimum absolute atomic E-state index is 0.130. The summed E-state index contributed by atoms with van der Waals surface area (Å²) < 4.78 is 5.27. The maximum Gasteiger partial charge on any atom is 0.318 e. The van der Waals surface area contributed by atoms with Crippen LogP contribution in [0.25, 0.3) is 0 Å². The fourth-order valence-corrected chi connectivity index (χ4v) is 2.79. The first-order valence-corrected chi connectivity index (χ1v) is 8.93. The molecule has 3 rings (SSSR count). The van der Waals surface area contributed by atoms with Gasteiger partial charge in [-0.15, -0.1) is 0 Å². The topological polar surface area (TPSA) is 100 Å². The first-order chi connectivity index (χ1) is 12.5. The molecule has 9 nitrogen and oxygen atoms in total. The zero-order valence-corrected chi connectivity index (χ0v) is 15.4. The van der Waals surface area contributed by atoms with E-state index >= 15 is 0 Å². The fraction of sp³-hybridized carbons (Fsp3) is 0.588. The van der Waals surface area contributed by atoms with E-state index in [1.807, 2.05) is 6.92 Å². The van der Waals surface area contributed by atoms with Gasteiger partial charge in [0.15, 0.2) is 5.82 Å². The highest BCUT2D eigenvalue weighted by Gasteiger charge is 2.25. The zero-order chi connectivity index (χ0) is 18.5. The van der Waals surface area contributed by atoms with Crippen LogP contribution in [0.2, 0.25) is 0 Å². The van der Waals surface area contributed by atoms with E-state index in [0.717, 1.165) is 6.42 Å². The smallest absolute Gasteiger partial charge is 0.318 e. The Morgan fingerprint density at radius 3 is 2.54 bits per heavy atom. The molecule has 1 aliphatic rings. The molecule has 0 bridgehead atoms. The van der Waals surface area contributed by atoms with Crippen LogP contribution < -0.4 is 10.2 Å². The molecule has 2 aromatic heterocycles. The normalized spacial score (nSPS) is 16.0. The molecular weight excluding hydrogens is 334 g/mol. The second-order valence-corrected chi connectivity index (χ2v) is 6.84. The summed E-state index contributed by atoms with van der Waals surface area (Å²) in [5, 5.41) is 6.90. The van der Waals surface area contributed by atoms with Crippen molar-refractivity contribution in [1.82, 2.24) is 30.3 Å². The van der Waals surface area contributed by atoms with E-state index < -0.39 is 0 Å². The minimum atomic E-state index is -0.327. The van der Waals surface area contributed by atoms with Gasteiger partial charge in [0.05, 0.1) is 0 Å². The van der Waals surface area contributed by atoms with Crippen molar-refractivity contribution < 1.29 is 9.32 Å². The van der Waals surface area contributed by atoms with Crippen LogP contribution in [0, 0.1) is 5.92 Å². The summed E-state index contributed by atoms with van der Waals surface area (Å²) in [6.07, 6.45) is 4.20. The molecule has 1 saturated heterocycles. The number of amides is 2. The second kappa shape index (κ2) is 8.11. The van der Waals surface area contributed by atoms with Crippen LogP contribution in [0.1, 0.15) is 38.5 Å². The molecule has 1 fully saturated rings. The number of carbonyl (C=O) groups excluding carboxylic acids is 1. The Labute approximate surface area is 152 Å². The fourth-order valence-electron chi connectivity index (χ4n) is 2.79. The van der Waals surface area contributed by atoms with Crippen molar-refractivity contribution in [3.8, 4) is 0 Å². The van der Waals surface area contributed by atoms with Gasteiger partial charge >= 0.3 is 6.03 Å². The lowest BCUT2D eigenvalue weighted by molar-refractivity contribution is 0.188. The number of anilines is 1. The Morgan fingerprint density at radius 2 is 1.88 bits per heavy atom. The molecule has 0 spiro atoms. The highest BCUT2D eigenvalue weighted by molar-refractivity contribution is 5.74. The van der Waals surface area contributed by atoms with E-state index in [9.17, 15) is 4.79 Å². The van der Waals surface area contributed by atoms with Gasteiger partial charge in [-0.3, -0.25) is 0 Å². The Morgan fingerprint density at radius 1 is 1.19 bits per heavy atom. The van der Waals surface area contributed by atoms with Gasteiger partial charge in [-0.2, -0.15) is 4.98 Å².